The first-order valence-corrected chi connectivity index (χ1v) is 6.86. The molecular weight excluding hydrogens is 248 g/mol. The highest BCUT2D eigenvalue weighted by Crippen LogP contribution is 2.17. The molecule has 0 aromatic rings. The van der Waals surface area contributed by atoms with Gasteiger partial charge in [-0.2, -0.15) is 0 Å². The molecule has 6 heteroatoms. The van der Waals surface area contributed by atoms with Gasteiger partial charge in [-0.15, -0.1) is 0 Å². The third-order valence-electron chi connectivity index (χ3n) is 3.76. The van der Waals surface area contributed by atoms with Crippen molar-refractivity contribution in [3.8, 4) is 0 Å². The zero-order valence-corrected chi connectivity index (χ0v) is 11.5. The quantitative estimate of drug-likeness (QED) is 0.661. The summed E-state index contributed by atoms with van der Waals surface area (Å²) >= 11 is 0. The van der Waals surface area contributed by atoms with E-state index in [9.17, 15) is 9.59 Å². The van der Waals surface area contributed by atoms with Crippen LogP contribution in [0.3, 0.4) is 0 Å². The Morgan fingerprint density at radius 3 is 2.68 bits per heavy atom. The van der Waals surface area contributed by atoms with Crippen LogP contribution in [0.4, 0.5) is 0 Å². The van der Waals surface area contributed by atoms with Crippen LogP contribution in [0.25, 0.3) is 0 Å². The summed E-state index contributed by atoms with van der Waals surface area (Å²) in [6, 6.07) is 0. The van der Waals surface area contributed by atoms with Crippen LogP contribution in [0.5, 0.6) is 0 Å². The molecule has 0 aliphatic carbocycles. The maximum Gasteiger partial charge on any atom is 0.309 e. The van der Waals surface area contributed by atoms with Gasteiger partial charge in [0.15, 0.2) is 0 Å². The first-order chi connectivity index (χ1) is 9.20. The topological polar surface area (TPSA) is 59.1 Å². The Bertz CT molecular complexity index is 329. The molecule has 6 nitrogen and oxygen atoms in total. The fraction of sp³-hybridized carbons (Fsp3) is 0.846. The number of nitrogens with zero attached hydrogens (tertiary/aromatic N) is 2. The van der Waals surface area contributed by atoms with E-state index in [4.69, 9.17) is 9.47 Å². The van der Waals surface area contributed by atoms with Crippen molar-refractivity contribution < 1.29 is 19.1 Å². The molecule has 0 radical (unpaired) electrons. The lowest BCUT2D eigenvalue weighted by atomic mass is 9.98. The van der Waals surface area contributed by atoms with Crippen LogP contribution < -0.4 is 0 Å². The van der Waals surface area contributed by atoms with Crippen molar-refractivity contribution in [2.24, 2.45) is 5.92 Å². The minimum Gasteiger partial charge on any atom is -0.469 e. The number of hydrogen-bond acceptors (Lipinski definition) is 5. The minimum atomic E-state index is -0.163. The number of ether oxygens (including phenoxy) is 2. The zero-order valence-electron chi connectivity index (χ0n) is 11.5. The Hall–Kier alpha value is -1.14. The molecule has 2 rings (SSSR count). The van der Waals surface area contributed by atoms with E-state index in [2.05, 4.69) is 4.90 Å². The predicted octanol–water partition coefficient (Wildman–Crippen LogP) is -0.270. The second-order valence-electron chi connectivity index (χ2n) is 5.09. The molecule has 0 aromatic carbocycles. The molecule has 1 unspecified atom stereocenters. The summed E-state index contributed by atoms with van der Waals surface area (Å²) in [5.74, 6) is -0.117. The number of rotatable bonds is 3. The van der Waals surface area contributed by atoms with Crippen LogP contribution >= 0.6 is 0 Å². The molecule has 1 amide bonds. The van der Waals surface area contributed by atoms with Gasteiger partial charge in [0.05, 0.1) is 32.8 Å². The van der Waals surface area contributed by atoms with Gasteiger partial charge in [-0.1, -0.05) is 0 Å². The zero-order chi connectivity index (χ0) is 13.7. The summed E-state index contributed by atoms with van der Waals surface area (Å²) in [6.45, 7) is 4.49. The molecule has 0 N–H and O–H groups in total. The highest BCUT2D eigenvalue weighted by molar-refractivity contribution is 5.78. The summed E-state index contributed by atoms with van der Waals surface area (Å²) in [6.07, 6.45) is 1.80. The first-order valence-electron chi connectivity index (χ1n) is 6.86. The molecule has 2 aliphatic heterocycles. The molecule has 0 saturated carbocycles. The van der Waals surface area contributed by atoms with Gasteiger partial charge in [0.1, 0.15) is 0 Å². The van der Waals surface area contributed by atoms with E-state index in [1.807, 2.05) is 4.90 Å². The third kappa shape index (κ3) is 3.91. The van der Waals surface area contributed by atoms with Gasteiger partial charge in [-0.25, -0.2) is 0 Å². The van der Waals surface area contributed by atoms with Crippen molar-refractivity contribution >= 4 is 11.9 Å². The Morgan fingerprint density at radius 1 is 1.26 bits per heavy atom. The van der Waals surface area contributed by atoms with Gasteiger partial charge in [-0.05, 0) is 19.4 Å². The van der Waals surface area contributed by atoms with Gasteiger partial charge < -0.3 is 14.4 Å². The largest absolute Gasteiger partial charge is 0.469 e. The molecule has 0 spiro atoms. The smallest absolute Gasteiger partial charge is 0.309 e. The van der Waals surface area contributed by atoms with Crippen molar-refractivity contribution in [2.45, 2.75) is 12.8 Å². The molecule has 2 heterocycles. The number of morpholine rings is 1. The van der Waals surface area contributed by atoms with Crippen LogP contribution in [0.1, 0.15) is 12.8 Å². The van der Waals surface area contributed by atoms with Crippen LogP contribution in [-0.2, 0) is 19.1 Å². The highest BCUT2D eigenvalue weighted by atomic mass is 16.5. The van der Waals surface area contributed by atoms with Crippen molar-refractivity contribution in [3.05, 3.63) is 0 Å². The Balaban J connectivity index is 1.81. The number of carbonyl (C=O) groups is 2. The van der Waals surface area contributed by atoms with E-state index < -0.39 is 0 Å². The number of likely N-dealkylation sites (tertiary alicyclic amines) is 1. The van der Waals surface area contributed by atoms with E-state index in [0.29, 0.717) is 39.4 Å². The lowest BCUT2D eigenvalue weighted by molar-refractivity contribution is -0.148. The fourth-order valence-corrected chi connectivity index (χ4v) is 2.66. The number of esters is 1. The van der Waals surface area contributed by atoms with E-state index in [1.54, 1.807) is 0 Å². The Morgan fingerprint density at radius 2 is 2.00 bits per heavy atom. The van der Waals surface area contributed by atoms with Crippen LogP contribution in [0, 0.1) is 5.92 Å². The monoisotopic (exact) mass is 270 g/mol. The van der Waals surface area contributed by atoms with Crippen molar-refractivity contribution in [1.82, 2.24) is 9.80 Å². The van der Waals surface area contributed by atoms with Crippen molar-refractivity contribution in [2.75, 3.05) is 53.0 Å². The normalized spacial score (nSPS) is 25.1. The number of piperidine rings is 1. The maximum atomic E-state index is 12.1. The summed E-state index contributed by atoms with van der Waals surface area (Å²) < 4.78 is 10.0. The molecule has 2 aliphatic rings. The average molecular weight is 270 g/mol. The molecule has 19 heavy (non-hydrogen) atoms. The summed E-state index contributed by atoms with van der Waals surface area (Å²) in [5, 5.41) is 0. The second kappa shape index (κ2) is 6.86. The van der Waals surface area contributed by atoms with Gasteiger partial charge in [-0.3, -0.25) is 14.5 Å². The van der Waals surface area contributed by atoms with Gasteiger partial charge in [0.25, 0.3) is 0 Å². The lowest BCUT2D eigenvalue weighted by Gasteiger charge is -2.33. The Labute approximate surface area is 113 Å². The number of carbonyl (C=O) groups excluding carboxylic acids is 2. The predicted molar refractivity (Wildman–Crippen MR) is 68.6 cm³/mol. The molecule has 2 saturated heterocycles. The minimum absolute atomic E-state index is 0.0868. The molecule has 0 aromatic heterocycles. The third-order valence-corrected chi connectivity index (χ3v) is 3.76. The molecular formula is C13H22N2O4. The van der Waals surface area contributed by atoms with Crippen LogP contribution in [0.2, 0.25) is 0 Å². The van der Waals surface area contributed by atoms with Crippen molar-refractivity contribution in [3.63, 3.8) is 0 Å². The summed E-state index contributed by atoms with van der Waals surface area (Å²) in [7, 11) is 1.42. The summed E-state index contributed by atoms with van der Waals surface area (Å²) in [4.78, 5) is 27.6. The van der Waals surface area contributed by atoms with Gasteiger partial charge >= 0.3 is 5.97 Å². The van der Waals surface area contributed by atoms with E-state index in [1.165, 1.54) is 7.11 Å². The second-order valence-corrected chi connectivity index (χ2v) is 5.09. The maximum absolute atomic E-state index is 12.1. The van der Waals surface area contributed by atoms with Gasteiger partial charge in [0.2, 0.25) is 5.91 Å². The van der Waals surface area contributed by atoms with Crippen molar-refractivity contribution in [1.29, 1.82) is 0 Å². The first kappa shape index (κ1) is 14.3. The average Bonchev–Trinajstić information content (AvgIpc) is 2.47. The van der Waals surface area contributed by atoms with E-state index in [-0.39, 0.29) is 17.8 Å². The van der Waals surface area contributed by atoms with E-state index in [0.717, 1.165) is 19.4 Å². The fourth-order valence-electron chi connectivity index (χ4n) is 2.66. The van der Waals surface area contributed by atoms with Crippen LogP contribution in [0.15, 0.2) is 0 Å². The number of amides is 1. The highest BCUT2D eigenvalue weighted by Gasteiger charge is 2.28. The lowest BCUT2D eigenvalue weighted by Crippen LogP contribution is -2.48. The molecule has 0 bridgehead atoms. The van der Waals surface area contributed by atoms with Gasteiger partial charge in [0, 0.05) is 19.6 Å². The Kier molecular flexibility index (Phi) is 5.15. The molecule has 108 valence electrons. The summed E-state index contributed by atoms with van der Waals surface area (Å²) in [5.41, 5.74) is 0. The molecule has 1 atom stereocenters. The SMILES string of the molecule is COC(=O)C1CCCN(CC(=O)N2CCOCC2)C1. The van der Waals surface area contributed by atoms with Crippen LogP contribution in [-0.4, -0.2) is 74.7 Å². The molecule has 2 fully saturated rings. The number of hydrogen-bond donors (Lipinski definition) is 0. The standard InChI is InChI=1S/C13H22N2O4/c1-18-13(17)11-3-2-4-14(9-11)10-12(16)15-5-7-19-8-6-15/h11H,2-10H2,1H3. The number of methoxy groups -OCH3 is 1. The van der Waals surface area contributed by atoms with E-state index >= 15 is 0 Å².